The Balaban J connectivity index is 0.990. The van der Waals surface area contributed by atoms with Gasteiger partial charge in [-0.3, -0.25) is 0 Å². The number of fused-ring (bicyclic) bond motifs is 7. The number of thiophene rings is 2. The molecule has 0 unspecified atom stereocenters. The fraction of sp³-hybridized carbons (Fsp3) is 0. The molecule has 10 aromatic rings. The SMILES string of the molecule is c1cc(-c2ccc3ccccc3c2)cc(-c2ccc3c(c2)sc2c4ccc(-c5cccc(-c6ccc7ccccc7c6)c5)cc4sc32)c1. The molecule has 2 heterocycles. The minimum Gasteiger partial charge on any atom is -0.134 e. The molecule has 0 aliphatic rings. The maximum atomic E-state index is 2.38. The summed E-state index contributed by atoms with van der Waals surface area (Å²) in [5.74, 6) is 0. The van der Waals surface area contributed by atoms with Gasteiger partial charge in [0, 0.05) is 20.2 Å². The molecule has 0 saturated heterocycles. The lowest BCUT2D eigenvalue weighted by Crippen LogP contribution is -1.82. The highest BCUT2D eigenvalue weighted by molar-refractivity contribution is 7.36. The summed E-state index contributed by atoms with van der Waals surface area (Å²) in [7, 11) is 0. The molecule has 0 bridgehead atoms. The van der Waals surface area contributed by atoms with Crippen molar-refractivity contribution < 1.29 is 0 Å². The summed E-state index contributed by atoms with van der Waals surface area (Å²) in [5.41, 5.74) is 10.0. The lowest BCUT2D eigenvalue weighted by Gasteiger charge is -2.08. The Bertz CT molecular complexity index is 2650. The van der Waals surface area contributed by atoms with Crippen molar-refractivity contribution >= 4 is 73.8 Å². The average molecular weight is 645 g/mol. The Hall–Kier alpha value is -5.54. The van der Waals surface area contributed by atoms with Crippen LogP contribution in [-0.4, -0.2) is 0 Å². The summed E-state index contributed by atoms with van der Waals surface area (Å²) in [6, 6.07) is 62.5. The molecule has 0 saturated carbocycles. The summed E-state index contributed by atoms with van der Waals surface area (Å²) in [5, 5.41) is 7.80. The van der Waals surface area contributed by atoms with Crippen molar-refractivity contribution in [1.29, 1.82) is 0 Å². The fourth-order valence-electron chi connectivity index (χ4n) is 7.11. The predicted molar refractivity (Wildman–Crippen MR) is 211 cm³/mol. The van der Waals surface area contributed by atoms with Crippen LogP contribution in [0.2, 0.25) is 0 Å². The van der Waals surface area contributed by atoms with Gasteiger partial charge in [-0.05, 0) is 102 Å². The van der Waals surface area contributed by atoms with Gasteiger partial charge in [0.1, 0.15) is 0 Å². The van der Waals surface area contributed by atoms with Crippen molar-refractivity contribution in [3.05, 3.63) is 170 Å². The summed E-state index contributed by atoms with van der Waals surface area (Å²) in [6.45, 7) is 0. The number of hydrogen-bond acceptors (Lipinski definition) is 2. The van der Waals surface area contributed by atoms with E-state index in [1.807, 2.05) is 22.7 Å². The maximum Gasteiger partial charge on any atom is 0.0542 e. The quantitative estimate of drug-likeness (QED) is 0.179. The van der Waals surface area contributed by atoms with Gasteiger partial charge in [0.05, 0.1) is 9.40 Å². The molecular weight excluding hydrogens is 617 g/mol. The van der Waals surface area contributed by atoms with E-state index < -0.39 is 0 Å². The van der Waals surface area contributed by atoms with Crippen LogP contribution in [0.1, 0.15) is 0 Å². The molecule has 48 heavy (non-hydrogen) atoms. The average Bonchev–Trinajstić information content (AvgIpc) is 3.69. The first-order chi connectivity index (χ1) is 23.7. The van der Waals surface area contributed by atoms with Gasteiger partial charge in [-0.25, -0.2) is 0 Å². The van der Waals surface area contributed by atoms with Gasteiger partial charge >= 0.3 is 0 Å². The number of hydrogen-bond donors (Lipinski definition) is 0. The second kappa shape index (κ2) is 11.0. The highest BCUT2D eigenvalue weighted by Crippen LogP contribution is 2.46. The van der Waals surface area contributed by atoms with E-state index in [1.165, 1.54) is 95.6 Å². The molecule has 0 aliphatic carbocycles. The fourth-order valence-corrected chi connectivity index (χ4v) is 9.84. The van der Waals surface area contributed by atoms with Crippen molar-refractivity contribution in [1.82, 2.24) is 0 Å². The van der Waals surface area contributed by atoms with Gasteiger partial charge < -0.3 is 0 Å². The van der Waals surface area contributed by atoms with E-state index in [9.17, 15) is 0 Å². The third kappa shape index (κ3) is 4.65. The van der Waals surface area contributed by atoms with Gasteiger partial charge in [0.15, 0.2) is 0 Å². The van der Waals surface area contributed by atoms with Gasteiger partial charge in [-0.2, -0.15) is 0 Å². The van der Waals surface area contributed by atoms with E-state index in [4.69, 9.17) is 0 Å². The molecular formula is C46H28S2. The minimum atomic E-state index is 1.25. The van der Waals surface area contributed by atoms with Gasteiger partial charge in [-0.15, -0.1) is 22.7 Å². The molecule has 224 valence electrons. The summed E-state index contributed by atoms with van der Waals surface area (Å²) >= 11 is 3.84. The van der Waals surface area contributed by atoms with E-state index in [0.717, 1.165) is 0 Å². The number of benzene rings is 8. The topological polar surface area (TPSA) is 0 Å². The van der Waals surface area contributed by atoms with E-state index in [2.05, 4.69) is 170 Å². The molecule has 0 aliphatic heterocycles. The lowest BCUT2D eigenvalue weighted by atomic mass is 9.97. The first kappa shape index (κ1) is 27.6. The highest BCUT2D eigenvalue weighted by atomic mass is 32.1. The summed E-state index contributed by atoms with van der Waals surface area (Å²) in [6.07, 6.45) is 0. The number of rotatable bonds is 4. The monoisotopic (exact) mass is 644 g/mol. The molecule has 2 aromatic heterocycles. The Kier molecular flexibility index (Phi) is 6.33. The van der Waals surface area contributed by atoms with Crippen molar-refractivity contribution in [2.24, 2.45) is 0 Å². The van der Waals surface area contributed by atoms with Crippen LogP contribution in [0.5, 0.6) is 0 Å². The van der Waals surface area contributed by atoms with Crippen LogP contribution in [0.4, 0.5) is 0 Å². The third-order valence-electron chi connectivity index (χ3n) is 9.64. The molecule has 0 nitrogen and oxygen atoms in total. The van der Waals surface area contributed by atoms with Crippen molar-refractivity contribution in [3.8, 4) is 44.5 Å². The third-order valence-corrected chi connectivity index (χ3v) is 12.1. The molecule has 0 N–H and O–H groups in total. The zero-order valence-electron chi connectivity index (χ0n) is 26.0. The molecule has 8 aromatic carbocycles. The van der Waals surface area contributed by atoms with Crippen molar-refractivity contribution in [2.45, 2.75) is 0 Å². The zero-order valence-corrected chi connectivity index (χ0v) is 27.6. The maximum absolute atomic E-state index is 2.38. The molecule has 0 spiro atoms. The highest BCUT2D eigenvalue weighted by Gasteiger charge is 2.14. The van der Waals surface area contributed by atoms with Crippen LogP contribution >= 0.6 is 22.7 Å². The van der Waals surface area contributed by atoms with Crippen LogP contribution in [0.3, 0.4) is 0 Å². The van der Waals surface area contributed by atoms with Gasteiger partial charge in [0.25, 0.3) is 0 Å². The Labute approximate surface area is 286 Å². The van der Waals surface area contributed by atoms with Crippen LogP contribution < -0.4 is 0 Å². The molecule has 0 fully saturated rings. The predicted octanol–water partition coefficient (Wildman–Crippen LogP) is 14.2. The van der Waals surface area contributed by atoms with E-state index in [0.29, 0.717) is 0 Å². The zero-order chi connectivity index (χ0) is 31.6. The van der Waals surface area contributed by atoms with Crippen LogP contribution in [0, 0.1) is 0 Å². The first-order valence-corrected chi connectivity index (χ1v) is 17.9. The Morgan fingerprint density at radius 3 is 1.04 bits per heavy atom. The standard InChI is InChI=1S/C46H28S2/c1-3-9-31-23-37(17-15-29(31)7-1)33-11-5-13-35(25-33)39-19-21-41-43(27-39)47-46-42-22-20-40(28-44(42)48-45(41)46)36-14-6-12-34(26-36)38-18-16-30-8-2-4-10-32(30)24-38/h1-28H. The second-order valence-corrected chi connectivity index (χ2v) is 14.7. The Morgan fingerprint density at radius 1 is 0.250 bits per heavy atom. The van der Waals surface area contributed by atoms with E-state index in [-0.39, 0.29) is 0 Å². The second-order valence-electron chi connectivity index (χ2n) is 12.6. The summed E-state index contributed by atoms with van der Waals surface area (Å²) in [4.78, 5) is 0. The Morgan fingerprint density at radius 2 is 0.604 bits per heavy atom. The van der Waals surface area contributed by atoms with E-state index >= 15 is 0 Å². The van der Waals surface area contributed by atoms with Crippen molar-refractivity contribution in [2.75, 3.05) is 0 Å². The molecule has 0 amide bonds. The molecule has 0 radical (unpaired) electrons. The molecule has 0 atom stereocenters. The van der Waals surface area contributed by atoms with Crippen LogP contribution in [-0.2, 0) is 0 Å². The summed E-state index contributed by atoms with van der Waals surface area (Å²) < 4.78 is 5.48. The normalized spacial score (nSPS) is 11.8. The van der Waals surface area contributed by atoms with Crippen LogP contribution in [0.15, 0.2) is 170 Å². The first-order valence-electron chi connectivity index (χ1n) is 16.3. The minimum absolute atomic E-state index is 1.25. The van der Waals surface area contributed by atoms with Crippen LogP contribution in [0.25, 0.3) is 95.6 Å². The van der Waals surface area contributed by atoms with Gasteiger partial charge in [-0.1, -0.05) is 133 Å². The van der Waals surface area contributed by atoms with E-state index in [1.54, 1.807) is 0 Å². The largest absolute Gasteiger partial charge is 0.134 e. The van der Waals surface area contributed by atoms with Crippen molar-refractivity contribution in [3.63, 3.8) is 0 Å². The molecule has 2 heteroatoms. The smallest absolute Gasteiger partial charge is 0.0542 e. The molecule has 10 rings (SSSR count). The lowest BCUT2D eigenvalue weighted by molar-refractivity contribution is 1.62. The van der Waals surface area contributed by atoms with Gasteiger partial charge in [0.2, 0.25) is 0 Å².